The predicted molar refractivity (Wildman–Crippen MR) is 68.1 cm³/mol. The Balaban J connectivity index is 2.06. The van der Waals surface area contributed by atoms with E-state index in [9.17, 15) is 14.3 Å². The summed E-state index contributed by atoms with van der Waals surface area (Å²) in [6.45, 7) is 2.54. The molecule has 1 aromatic heterocycles. The van der Waals surface area contributed by atoms with E-state index in [0.717, 1.165) is 0 Å². The fourth-order valence-corrected chi connectivity index (χ4v) is 2.19. The van der Waals surface area contributed by atoms with Gasteiger partial charge in [-0.25, -0.2) is 0 Å². The van der Waals surface area contributed by atoms with Crippen molar-refractivity contribution in [2.45, 2.75) is 13.0 Å². The number of H-pyrrole nitrogens is 1. The smallest absolute Gasteiger partial charge is 0.337 e. The van der Waals surface area contributed by atoms with E-state index >= 15 is 0 Å². The molecule has 10 heteroatoms. The summed E-state index contributed by atoms with van der Waals surface area (Å²) in [6.07, 6.45) is -0.641. The molecule has 0 fully saturated rings. The Morgan fingerprint density at radius 2 is 2.42 bits per heavy atom. The molecule has 0 radical (unpaired) electrons. The molecule has 0 bridgehead atoms. The number of anilines is 3. The van der Waals surface area contributed by atoms with Gasteiger partial charge in [-0.15, -0.1) is 0 Å². The summed E-state index contributed by atoms with van der Waals surface area (Å²) in [6, 6.07) is 0. The van der Waals surface area contributed by atoms with Gasteiger partial charge in [-0.2, -0.15) is 4.98 Å². The van der Waals surface area contributed by atoms with Gasteiger partial charge in [-0.05, 0) is 6.92 Å². The van der Waals surface area contributed by atoms with Crippen LogP contribution in [0.15, 0.2) is 4.79 Å². The Morgan fingerprint density at radius 1 is 1.68 bits per heavy atom. The van der Waals surface area contributed by atoms with Crippen LogP contribution >= 0.6 is 8.03 Å². The fraction of sp³-hybridized carbons (Fsp3) is 0.556. The molecular weight excluding hydrogens is 273 g/mol. The van der Waals surface area contributed by atoms with Crippen molar-refractivity contribution >= 4 is 25.5 Å². The molecule has 104 valence electrons. The number of nitrogens with zero attached hydrogens (tertiary/aromatic N) is 2. The highest BCUT2D eigenvalue weighted by molar-refractivity contribution is 7.36. The van der Waals surface area contributed by atoms with Crippen LogP contribution in [0.4, 0.5) is 17.5 Å². The number of ether oxygens (including phenoxy) is 1. The third kappa shape index (κ3) is 3.19. The summed E-state index contributed by atoms with van der Waals surface area (Å²) < 4.78 is 15.6. The topological polar surface area (TPSA) is 136 Å². The number of fused-ring (bicyclic) bond motifs is 1. The molecule has 1 aromatic rings. The van der Waals surface area contributed by atoms with Gasteiger partial charge in [-0.1, -0.05) is 4.57 Å². The molecule has 0 saturated heterocycles. The first-order valence-electron chi connectivity index (χ1n) is 5.59. The molecule has 2 unspecified atom stereocenters. The average Bonchev–Trinajstić information content (AvgIpc) is 2.70. The van der Waals surface area contributed by atoms with Crippen LogP contribution in [0.1, 0.15) is 6.92 Å². The largest absolute Gasteiger partial charge is 0.594 e. The fourth-order valence-electron chi connectivity index (χ4n) is 1.82. The summed E-state index contributed by atoms with van der Waals surface area (Å²) in [7, 11) is -2.56. The van der Waals surface area contributed by atoms with E-state index in [4.69, 9.17) is 10.5 Å². The van der Waals surface area contributed by atoms with Gasteiger partial charge in [-0.3, -0.25) is 9.78 Å². The molecule has 4 N–H and O–H groups in total. The average molecular weight is 287 g/mol. The maximum Gasteiger partial charge on any atom is 0.337 e. The van der Waals surface area contributed by atoms with E-state index in [1.807, 2.05) is 0 Å². The minimum absolute atomic E-state index is 0.0358. The van der Waals surface area contributed by atoms with E-state index in [1.165, 1.54) is 0 Å². The molecule has 2 heterocycles. The quantitative estimate of drug-likeness (QED) is 0.587. The van der Waals surface area contributed by atoms with E-state index in [0.29, 0.717) is 24.7 Å². The predicted octanol–water partition coefficient (Wildman–Crippen LogP) is -0.993. The van der Waals surface area contributed by atoms with Crippen LogP contribution in [0.3, 0.4) is 0 Å². The van der Waals surface area contributed by atoms with Crippen molar-refractivity contribution in [1.82, 2.24) is 9.97 Å². The number of aromatic nitrogens is 2. The number of nitrogens with two attached hydrogens (primary N) is 1. The van der Waals surface area contributed by atoms with Crippen molar-refractivity contribution in [3.05, 3.63) is 10.4 Å². The molecule has 0 aliphatic carbocycles. The third-order valence-corrected chi connectivity index (χ3v) is 2.97. The molecule has 2 atom stereocenters. The van der Waals surface area contributed by atoms with Gasteiger partial charge < -0.3 is 25.6 Å². The molecule has 0 spiro atoms. The van der Waals surface area contributed by atoms with Crippen molar-refractivity contribution in [3.8, 4) is 0 Å². The highest BCUT2D eigenvalue weighted by Crippen LogP contribution is 2.25. The molecule has 19 heavy (non-hydrogen) atoms. The zero-order valence-electron chi connectivity index (χ0n) is 10.3. The first kappa shape index (κ1) is 13.7. The molecular formula is C9H14N5O4P. The van der Waals surface area contributed by atoms with Crippen molar-refractivity contribution in [2.75, 3.05) is 35.5 Å². The lowest BCUT2D eigenvalue weighted by molar-refractivity contribution is -0.169. The minimum atomic E-state index is -2.56. The van der Waals surface area contributed by atoms with E-state index in [-0.39, 0.29) is 24.0 Å². The molecule has 1 aliphatic heterocycles. The number of aromatic amines is 1. The van der Waals surface area contributed by atoms with Crippen LogP contribution in [0.5, 0.6) is 0 Å². The Morgan fingerprint density at radius 3 is 3.11 bits per heavy atom. The zero-order chi connectivity index (χ0) is 14.0. The van der Waals surface area contributed by atoms with Gasteiger partial charge >= 0.3 is 8.03 Å². The van der Waals surface area contributed by atoms with Gasteiger partial charge in [0.05, 0.1) is 12.8 Å². The highest BCUT2D eigenvalue weighted by Gasteiger charge is 2.25. The second-order valence-corrected chi connectivity index (χ2v) is 5.07. The summed E-state index contributed by atoms with van der Waals surface area (Å²) in [5.41, 5.74) is 5.52. The Labute approximate surface area is 109 Å². The summed E-state index contributed by atoms with van der Waals surface area (Å²) in [4.78, 5) is 30.3. The van der Waals surface area contributed by atoms with Crippen molar-refractivity contribution < 1.29 is 14.2 Å². The Hall–Kier alpha value is -1.70. The van der Waals surface area contributed by atoms with Crippen LogP contribution in [-0.4, -0.2) is 35.6 Å². The number of nitrogens with one attached hydrogen (secondary N) is 2. The van der Waals surface area contributed by atoms with Gasteiger partial charge in [0.2, 0.25) is 12.3 Å². The van der Waals surface area contributed by atoms with Crippen LogP contribution in [0.2, 0.25) is 0 Å². The van der Waals surface area contributed by atoms with Crippen LogP contribution in [0.25, 0.3) is 0 Å². The summed E-state index contributed by atoms with van der Waals surface area (Å²) >= 11 is 0. The standard InChI is InChI=1S/C9H14N5O4P/c1-5(18-4-19(16)17)2-14-3-11-6-7(14)12-9(10)13-8(6)15/h5,11H,2-4H2,1H3,(H3,10,12,13,15). The maximum absolute atomic E-state index is 11.6. The number of nitrogen functional groups attached to an aromatic ring is 1. The molecule has 0 aromatic carbocycles. The van der Waals surface area contributed by atoms with Gasteiger partial charge in [0.1, 0.15) is 5.69 Å². The summed E-state index contributed by atoms with van der Waals surface area (Å²) in [5.74, 6) is 0.483. The normalized spacial score (nSPS) is 15.9. The summed E-state index contributed by atoms with van der Waals surface area (Å²) in [5, 5.41) is 2.91. The van der Waals surface area contributed by atoms with Crippen molar-refractivity contribution in [3.63, 3.8) is 0 Å². The van der Waals surface area contributed by atoms with E-state index in [2.05, 4.69) is 15.3 Å². The van der Waals surface area contributed by atoms with Crippen molar-refractivity contribution in [1.29, 1.82) is 0 Å². The zero-order valence-corrected chi connectivity index (χ0v) is 11.1. The Kier molecular flexibility index (Phi) is 3.98. The number of rotatable bonds is 5. The third-order valence-electron chi connectivity index (χ3n) is 2.61. The lowest BCUT2D eigenvalue weighted by Crippen LogP contribution is -2.32. The number of hydrogen-bond acceptors (Lipinski definition) is 8. The van der Waals surface area contributed by atoms with Crippen LogP contribution < -0.4 is 26.4 Å². The lowest BCUT2D eigenvalue weighted by Gasteiger charge is -2.20. The van der Waals surface area contributed by atoms with Gasteiger partial charge in [0.25, 0.3) is 5.56 Å². The minimum Gasteiger partial charge on any atom is -0.594 e. The molecule has 9 nitrogen and oxygen atoms in total. The molecule has 2 rings (SSSR count). The van der Waals surface area contributed by atoms with Crippen molar-refractivity contribution in [2.24, 2.45) is 0 Å². The maximum atomic E-state index is 11.6. The first-order valence-corrected chi connectivity index (χ1v) is 6.95. The molecule has 0 saturated carbocycles. The van der Waals surface area contributed by atoms with Gasteiger partial charge in [0, 0.05) is 6.54 Å². The number of hydrogen-bond donors (Lipinski definition) is 3. The highest BCUT2D eigenvalue weighted by atomic mass is 31.1. The molecule has 1 aliphatic rings. The SMILES string of the molecule is CC(CN1CNc2c1nc(N)[nH]c2=O)OC[P+](=O)[O-]. The molecule has 0 amide bonds. The second-order valence-electron chi connectivity index (χ2n) is 4.15. The first-order chi connectivity index (χ1) is 8.97. The van der Waals surface area contributed by atoms with Gasteiger partial charge in [0.15, 0.2) is 5.82 Å². The second kappa shape index (κ2) is 5.52. The monoisotopic (exact) mass is 287 g/mol. The van der Waals surface area contributed by atoms with Crippen LogP contribution in [-0.2, 0) is 9.30 Å². The lowest BCUT2D eigenvalue weighted by atomic mass is 10.3. The Bertz CT molecular complexity index is 548. The van der Waals surface area contributed by atoms with E-state index in [1.54, 1.807) is 11.8 Å². The van der Waals surface area contributed by atoms with E-state index < -0.39 is 8.03 Å². The van der Waals surface area contributed by atoms with Crippen LogP contribution in [0, 0.1) is 0 Å².